The van der Waals surface area contributed by atoms with Gasteiger partial charge in [0.25, 0.3) is 5.91 Å². The number of nitrogens with zero attached hydrogens (tertiary/aromatic N) is 1. The summed E-state index contributed by atoms with van der Waals surface area (Å²) in [5, 5.41) is 3.20. The maximum absolute atomic E-state index is 12.6. The summed E-state index contributed by atoms with van der Waals surface area (Å²) in [7, 11) is -1.42. The number of benzene rings is 1. The van der Waals surface area contributed by atoms with Gasteiger partial charge >= 0.3 is 0 Å². The van der Waals surface area contributed by atoms with Gasteiger partial charge in [0.05, 0.1) is 4.90 Å². The molecule has 5 nitrogen and oxygen atoms in total. The van der Waals surface area contributed by atoms with Crippen molar-refractivity contribution in [1.82, 2.24) is 10.2 Å². The van der Waals surface area contributed by atoms with Gasteiger partial charge in [-0.3, -0.25) is 4.79 Å². The van der Waals surface area contributed by atoms with Crippen LogP contribution in [-0.2, 0) is 9.84 Å². The summed E-state index contributed by atoms with van der Waals surface area (Å²) in [6, 6.07) is 5.21. The molecule has 0 spiro atoms. The summed E-state index contributed by atoms with van der Waals surface area (Å²) in [4.78, 5) is 14.6. The van der Waals surface area contributed by atoms with Gasteiger partial charge in [-0.1, -0.05) is 6.07 Å². The second kappa shape index (κ2) is 6.15. The molecule has 0 radical (unpaired) electrons. The molecule has 1 N–H and O–H groups in total. The number of carbonyl (C=O) groups excluding carboxylic acids is 1. The summed E-state index contributed by atoms with van der Waals surface area (Å²) < 4.78 is 23.5. The molecule has 6 heteroatoms. The van der Waals surface area contributed by atoms with Gasteiger partial charge in [0.1, 0.15) is 0 Å². The van der Waals surface area contributed by atoms with E-state index in [4.69, 9.17) is 0 Å². The highest BCUT2D eigenvalue weighted by atomic mass is 32.2. The first-order chi connectivity index (χ1) is 9.82. The monoisotopic (exact) mass is 310 g/mol. The van der Waals surface area contributed by atoms with Crippen molar-refractivity contribution in [1.29, 1.82) is 0 Å². The van der Waals surface area contributed by atoms with Crippen molar-refractivity contribution in [3.05, 3.63) is 29.3 Å². The Labute approximate surface area is 126 Å². The molecule has 1 heterocycles. The summed E-state index contributed by atoms with van der Waals surface area (Å²) in [6.45, 7) is 3.12. The fourth-order valence-electron chi connectivity index (χ4n) is 2.71. The van der Waals surface area contributed by atoms with Crippen LogP contribution in [-0.4, -0.2) is 51.7 Å². The zero-order valence-corrected chi connectivity index (χ0v) is 13.5. The van der Waals surface area contributed by atoms with Gasteiger partial charge in [0, 0.05) is 31.0 Å². The van der Waals surface area contributed by atoms with Crippen molar-refractivity contribution in [2.45, 2.75) is 30.7 Å². The van der Waals surface area contributed by atoms with E-state index in [1.807, 2.05) is 7.05 Å². The molecule has 21 heavy (non-hydrogen) atoms. The minimum absolute atomic E-state index is 0.0974. The van der Waals surface area contributed by atoms with Gasteiger partial charge in [-0.15, -0.1) is 0 Å². The van der Waals surface area contributed by atoms with Crippen LogP contribution < -0.4 is 5.32 Å². The van der Waals surface area contributed by atoms with Gasteiger partial charge < -0.3 is 10.2 Å². The number of carbonyl (C=O) groups is 1. The van der Waals surface area contributed by atoms with E-state index in [0.717, 1.165) is 19.4 Å². The topological polar surface area (TPSA) is 66.5 Å². The van der Waals surface area contributed by atoms with Crippen LogP contribution in [0.4, 0.5) is 0 Å². The number of likely N-dealkylation sites (N-methyl/N-ethyl adjacent to an activating group) is 1. The highest BCUT2D eigenvalue weighted by Crippen LogP contribution is 2.20. The Morgan fingerprint density at radius 3 is 2.71 bits per heavy atom. The number of amides is 1. The van der Waals surface area contributed by atoms with Gasteiger partial charge in [0.2, 0.25) is 0 Å². The normalized spacial score (nSPS) is 19.6. The first-order valence-electron chi connectivity index (χ1n) is 7.10. The Kier molecular flexibility index (Phi) is 4.68. The number of nitrogens with one attached hydrogen (secondary N) is 1. The molecule has 1 aromatic rings. The van der Waals surface area contributed by atoms with Crippen LogP contribution in [0.2, 0.25) is 0 Å². The van der Waals surface area contributed by atoms with Crippen molar-refractivity contribution in [3.8, 4) is 0 Å². The third kappa shape index (κ3) is 3.63. The molecule has 1 aromatic carbocycles. The zero-order chi connectivity index (χ0) is 15.6. The fraction of sp³-hybridized carbons (Fsp3) is 0.533. The second-order valence-corrected chi connectivity index (χ2v) is 7.62. The minimum atomic E-state index is -3.32. The van der Waals surface area contributed by atoms with Crippen LogP contribution in [0.1, 0.15) is 28.8 Å². The highest BCUT2D eigenvalue weighted by molar-refractivity contribution is 7.90. The van der Waals surface area contributed by atoms with E-state index in [1.165, 1.54) is 12.3 Å². The Hall–Kier alpha value is -1.40. The smallest absolute Gasteiger partial charge is 0.253 e. The molecule has 1 amide bonds. The Morgan fingerprint density at radius 2 is 2.10 bits per heavy atom. The average molecular weight is 310 g/mol. The molecule has 0 aromatic heterocycles. The van der Waals surface area contributed by atoms with Crippen LogP contribution in [0.15, 0.2) is 23.1 Å². The van der Waals surface area contributed by atoms with Crippen molar-refractivity contribution < 1.29 is 13.2 Å². The second-order valence-electron chi connectivity index (χ2n) is 5.63. The lowest BCUT2D eigenvalue weighted by Crippen LogP contribution is -2.47. The van der Waals surface area contributed by atoms with E-state index in [9.17, 15) is 13.2 Å². The summed E-state index contributed by atoms with van der Waals surface area (Å²) in [5.41, 5.74) is 1.11. The first-order valence-corrected chi connectivity index (χ1v) is 8.99. The Bertz CT molecular complexity index is 640. The fourth-order valence-corrected chi connectivity index (χ4v) is 3.71. The third-order valence-corrected chi connectivity index (χ3v) is 5.19. The zero-order valence-electron chi connectivity index (χ0n) is 12.7. The highest BCUT2D eigenvalue weighted by Gasteiger charge is 2.24. The quantitative estimate of drug-likeness (QED) is 0.912. The first kappa shape index (κ1) is 16.0. The van der Waals surface area contributed by atoms with Crippen molar-refractivity contribution in [2.24, 2.45) is 0 Å². The standard InChI is InChI=1S/C15H22N2O3S/c1-11-6-7-12(9-14(11)21(3,19)20)15(18)17-8-4-5-13(10-17)16-2/h6-7,9,13,16H,4-5,8,10H2,1-3H3. The molecule has 116 valence electrons. The third-order valence-electron chi connectivity index (χ3n) is 3.95. The van der Waals surface area contributed by atoms with Crippen LogP contribution in [0.25, 0.3) is 0 Å². The van der Waals surface area contributed by atoms with Crippen LogP contribution in [0.5, 0.6) is 0 Å². The number of aryl methyl sites for hydroxylation is 1. The van der Waals surface area contributed by atoms with Gasteiger partial charge in [-0.2, -0.15) is 0 Å². The predicted molar refractivity (Wildman–Crippen MR) is 82.3 cm³/mol. The molecule has 2 rings (SSSR count). The molecule has 1 aliphatic rings. The van der Waals surface area contributed by atoms with Crippen molar-refractivity contribution >= 4 is 15.7 Å². The molecular weight excluding hydrogens is 288 g/mol. The summed E-state index contributed by atoms with van der Waals surface area (Å²) >= 11 is 0. The van der Waals surface area contributed by atoms with E-state index in [-0.39, 0.29) is 10.8 Å². The molecule has 0 aliphatic carbocycles. The largest absolute Gasteiger partial charge is 0.337 e. The van der Waals surface area contributed by atoms with E-state index >= 15 is 0 Å². The van der Waals surface area contributed by atoms with E-state index in [1.54, 1.807) is 24.0 Å². The Balaban J connectivity index is 2.28. The SMILES string of the molecule is CNC1CCCN(C(=O)c2ccc(C)c(S(C)(=O)=O)c2)C1. The van der Waals surface area contributed by atoms with Crippen molar-refractivity contribution in [3.63, 3.8) is 0 Å². The van der Waals surface area contributed by atoms with E-state index < -0.39 is 9.84 Å². The Morgan fingerprint density at radius 1 is 1.38 bits per heavy atom. The maximum atomic E-state index is 12.6. The lowest BCUT2D eigenvalue weighted by Gasteiger charge is -2.32. The number of sulfone groups is 1. The van der Waals surface area contributed by atoms with Gasteiger partial charge in [0.15, 0.2) is 9.84 Å². The lowest BCUT2D eigenvalue weighted by molar-refractivity contribution is 0.0698. The summed E-state index contributed by atoms with van der Waals surface area (Å²) in [5.74, 6) is -0.0974. The van der Waals surface area contributed by atoms with Crippen LogP contribution in [0, 0.1) is 6.92 Å². The molecule has 1 fully saturated rings. The molecule has 1 atom stereocenters. The number of likely N-dealkylation sites (tertiary alicyclic amines) is 1. The number of hydrogen-bond acceptors (Lipinski definition) is 4. The molecule has 1 saturated heterocycles. The molecule has 1 aliphatic heterocycles. The lowest BCUT2D eigenvalue weighted by atomic mass is 10.0. The number of piperidine rings is 1. The van der Waals surface area contributed by atoms with Crippen LogP contribution in [0.3, 0.4) is 0 Å². The molecule has 0 bridgehead atoms. The number of hydrogen-bond donors (Lipinski definition) is 1. The molecule has 0 saturated carbocycles. The van der Waals surface area contributed by atoms with Gasteiger partial charge in [-0.05, 0) is 44.5 Å². The van der Waals surface area contributed by atoms with E-state index in [2.05, 4.69) is 5.32 Å². The van der Waals surface area contributed by atoms with E-state index in [0.29, 0.717) is 23.7 Å². The molecule has 1 unspecified atom stereocenters. The summed E-state index contributed by atoms with van der Waals surface area (Å²) in [6.07, 6.45) is 3.19. The minimum Gasteiger partial charge on any atom is -0.337 e. The molecular formula is C15H22N2O3S. The average Bonchev–Trinajstić information content (AvgIpc) is 2.46. The van der Waals surface area contributed by atoms with Crippen LogP contribution >= 0.6 is 0 Å². The van der Waals surface area contributed by atoms with Crippen molar-refractivity contribution in [2.75, 3.05) is 26.4 Å². The number of rotatable bonds is 3. The van der Waals surface area contributed by atoms with Gasteiger partial charge in [-0.25, -0.2) is 8.42 Å². The maximum Gasteiger partial charge on any atom is 0.253 e. The predicted octanol–water partition coefficient (Wildman–Crippen LogP) is 1.22.